The summed E-state index contributed by atoms with van der Waals surface area (Å²) >= 11 is 0. The number of nitrogens with zero attached hydrogens (tertiary/aromatic N) is 2. The number of aliphatic imine (C=N–C) groups is 2. The number of nitrogens with one attached hydrogen (secondary N) is 1. The standard InChI is InChI=1S/C19H20F2N4O2/c1-23-16(12-8-13(20)14(21)9-18(12)27-4)10-19(24-2)25-11-5-6-17(26-3)15(22)7-11/h5-10,25H,2,22H2,1,3-4H3/b19-10+,23-16?. The number of nitrogen functional groups attached to an aromatic ring is 1. The predicted octanol–water partition coefficient (Wildman–Crippen LogP) is 3.64. The van der Waals surface area contributed by atoms with Gasteiger partial charge in [-0.1, -0.05) is 0 Å². The molecule has 0 fully saturated rings. The van der Waals surface area contributed by atoms with Gasteiger partial charge < -0.3 is 20.5 Å². The minimum atomic E-state index is -1.01. The fourth-order valence-corrected chi connectivity index (χ4v) is 2.37. The van der Waals surface area contributed by atoms with Crippen LogP contribution in [0.2, 0.25) is 0 Å². The molecule has 0 unspecified atom stereocenters. The SMILES string of the molecule is C=N/C(=C\C(=NC)c1cc(F)c(F)cc1OC)Nc1ccc(OC)c(N)c1. The number of rotatable bonds is 7. The number of halogens is 2. The smallest absolute Gasteiger partial charge is 0.162 e. The summed E-state index contributed by atoms with van der Waals surface area (Å²) in [5.74, 6) is -1.01. The maximum Gasteiger partial charge on any atom is 0.162 e. The summed E-state index contributed by atoms with van der Waals surface area (Å²) in [4.78, 5) is 8.01. The van der Waals surface area contributed by atoms with Crippen molar-refractivity contribution in [3.63, 3.8) is 0 Å². The first-order valence-corrected chi connectivity index (χ1v) is 7.82. The second-order valence-electron chi connectivity index (χ2n) is 5.34. The van der Waals surface area contributed by atoms with Gasteiger partial charge in [-0.05, 0) is 31.0 Å². The molecule has 3 N–H and O–H groups in total. The molecule has 0 aromatic heterocycles. The Morgan fingerprint density at radius 1 is 1.11 bits per heavy atom. The Morgan fingerprint density at radius 3 is 2.33 bits per heavy atom. The Labute approximate surface area is 156 Å². The molecule has 2 aromatic rings. The molecule has 0 heterocycles. The molecule has 142 valence electrons. The molecule has 0 atom stereocenters. The molecule has 0 bridgehead atoms. The van der Waals surface area contributed by atoms with Crippen molar-refractivity contribution in [1.82, 2.24) is 0 Å². The zero-order valence-electron chi connectivity index (χ0n) is 15.2. The molecule has 2 aromatic carbocycles. The molecule has 0 radical (unpaired) electrons. The maximum atomic E-state index is 13.7. The lowest BCUT2D eigenvalue weighted by Crippen LogP contribution is -2.07. The average molecular weight is 374 g/mol. The molecule has 0 aliphatic carbocycles. The van der Waals surface area contributed by atoms with E-state index in [0.717, 1.165) is 12.1 Å². The zero-order valence-corrected chi connectivity index (χ0v) is 15.2. The molecular weight excluding hydrogens is 354 g/mol. The molecule has 0 aliphatic heterocycles. The van der Waals surface area contributed by atoms with Gasteiger partial charge in [-0.2, -0.15) is 0 Å². The minimum absolute atomic E-state index is 0.142. The van der Waals surface area contributed by atoms with E-state index in [0.29, 0.717) is 28.7 Å². The number of anilines is 2. The quantitative estimate of drug-likeness (QED) is 0.573. The number of allylic oxidation sites excluding steroid dienone is 1. The lowest BCUT2D eigenvalue weighted by Gasteiger charge is -2.12. The van der Waals surface area contributed by atoms with E-state index in [2.05, 4.69) is 22.0 Å². The van der Waals surface area contributed by atoms with E-state index in [1.165, 1.54) is 27.3 Å². The van der Waals surface area contributed by atoms with Crippen LogP contribution in [0.15, 0.2) is 52.2 Å². The van der Waals surface area contributed by atoms with Crippen LogP contribution in [-0.2, 0) is 0 Å². The van der Waals surface area contributed by atoms with Crippen LogP contribution in [0, 0.1) is 11.6 Å². The maximum absolute atomic E-state index is 13.7. The first kappa shape index (κ1) is 19.9. The molecule has 2 rings (SSSR count). The van der Waals surface area contributed by atoms with Gasteiger partial charge in [-0.15, -0.1) is 0 Å². The van der Waals surface area contributed by atoms with E-state index in [1.807, 2.05) is 0 Å². The van der Waals surface area contributed by atoms with Gasteiger partial charge in [0.2, 0.25) is 0 Å². The van der Waals surface area contributed by atoms with Crippen molar-refractivity contribution in [2.75, 3.05) is 32.3 Å². The van der Waals surface area contributed by atoms with Crippen LogP contribution < -0.4 is 20.5 Å². The predicted molar refractivity (Wildman–Crippen MR) is 104 cm³/mol. The van der Waals surface area contributed by atoms with Gasteiger partial charge in [-0.25, -0.2) is 13.8 Å². The third-order valence-corrected chi connectivity index (χ3v) is 3.71. The van der Waals surface area contributed by atoms with Gasteiger partial charge in [0, 0.05) is 30.4 Å². The lowest BCUT2D eigenvalue weighted by molar-refractivity contribution is 0.405. The highest BCUT2D eigenvalue weighted by molar-refractivity contribution is 6.11. The summed E-state index contributed by atoms with van der Waals surface area (Å²) < 4.78 is 37.4. The third kappa shape index (κ3) is 4.60. The highest BCUT2D eigenvalue weighted by Crippen LogP contribution is 2.26. The number of hydrogen-bond donors (Lipinski definition) is 2. The summed E-state index contributed by atoms with van der Waals surface area (Å²) in [5.41, 5.74) is 7.56. The third-order valence-electron chi connectivity index (χ3n) is 3.71. The van der Waals surface area contributed by atoms with Crippen LogP contribution in [0.1, 0.15) is 5.56 Å². The first-order chi connectivity index (χ1) is 12.9. The minimum Gasteiger partial charge on any atom is -0.496 e. The Kier molecular flexibility index (Phi) is 6.48. The Bertz CT molecular complexity index is 911. The van der Waals surface area contributed by atoms with Crippen molar-refractivity contribution in [3.8, 4) is 11.5 Å². The van der Waals surface area contributed by atoms with Gasteiger partial charge >= 0.3 is 0 Å². The topological polar surface area (TPSA) is 81.2 Å². The fourth-order valence-electron chi connectivity index (χ4n) is 2.37. The van der Waals surface area contributed by atoms with Crippen LogP contribution in [0.3, 0.4) is 0 Å². The van der Waals surface area contributed by atoms with Crippen molar-refractivity contribution >= 4 is 23.8 Å². The molecule has 27 heavy (non-hydrogen) atoms. The summed E-state index contributed by atoms with van der Waals surface area (Å²) in [6, 6.07) is 7.08. The van der Waals surface area contributed by atoms with E-state index >= 15 is 0 Å². The summed E-state index contributed by atoms with van der Waals surface area (Å²) in [7, 11) is 4.39. The monoisotopic (exact) mass is 374 g/mol. The van der Waals surface area contributed by atoms with Crippen LogP contribution in [0.5, 0.6) is 11.5 Å². The molecule has 0 amide bonds. The van der Waals surface area contributed by atoms with E-state index in [1.54, 1.807) is 18.2 Å². The molecule has 0 saturated carbocycles. The second kappa shape index (κ2) is 8.79. The van der Waals surface area contributed by atoms with E-state index in [4.69, 9.17) is 15.2 Å². The largest absolute Gasteiger partial charge is 0.496 e. The normalized spacial score (nSPS) is 11.9. The molecule has 0 aliphatic rings. The van der Waals surface area contributed by atoms with Crippen molar-refractivity contribution < 1.29 is 18.3 Å². The Hall–Kier alpha value is -3.42. The highest BCUT2D eigenvalue weighted by atomic mass is 19.2. The fraction of sp³-hybridized carbons (Fsp3) is 0.158. The van der Waals surface area contributed by atoms with Crippen molar-refractivity contribution in [2.45, 2.75) is 0 Å². The van der Waals surface area contributed by atoms with Gasteiger partial charge in [0.25, 0.3) is 0 Å². The molecule has 0 spiro atoms. The summed E-state index contributed by atoms with van der Waals surface area (Å²) in [5, 5.41) is 3.03. The summed E-state index contributed by atoms with van der Waals surface area (Å²) in [6.45, 7) is 3.51. The number of benzene rings is 2. The lowest BCUT2D eigenvalue weighted by atomic mass is 10.1. The van der Waals surface area contributed by atoms with Crippen LogP contribution >= 0.6 is 0 Å². The van der Waals surface area contributed by atoms with Crippen LogP contribution in [0.25, 0.3) is 0 Å². The number of hydrogen-bond acceptors (Lipinski definition) is 6. The second-order valence-corrected chi connectivity index (χ2v) is 5.34. The zero-order chi connectivity index (χ0) is 20.0. The van der Waals surface area contributed by atoms with Gasteiger partial charge in [-0.3, -0.25) is 4.99 Å². The molecule has 0 saturated heterocycles. The number of ether oxygens (including phenoxy) is 2. The van der Waals surface area contributed by atoms with Gasteiger partial charge in [0.1, 0.15) is 17.3 Å². The number of nitrogens with two attached hydrogens (primary N) is 1. The van der Waals surface area contributed by atoms with Gasteiger partial charge in [0.15, 0.2) is 11.6 Å². The van der Waals surface area contributed by atoms with Crippen molar-refractivity contribution in [3.05, 3.63) is 59.4 Å². The Morgan fingerprint density at radius 2 is 1.78 bits per heavy atom. The summed E-state index contributed by atoms with van der Waals surface area (Å²) in [6.07, 6.45) is 1.53. The highest BCUT2D eigenvalue weighted by Gasteiger charge is 2.14. The van der Waals surface area contributed by atoms with E-state index in [9.17, 15) is 8.78 Å². The molecule has 6 nitrogen and oxygen atoms in total. The van der Waals surface area contributed by atoms with Gasteiger partial charge in [0.05, 0.1) is 25.6 Å². The number of methoxy groups -OCH3 is 2. The first-order valence-electron chi connectivity index (χ1n) is 7.82. The van der Waals surface area contributed by atoms with E-state index < -0.39 is 11.6 Å². The Balaban J connectivity index is 2.39. The molecule has 8 heteroatoms. The average Bonchev–Trinajstić information content (AvgIpc) is 2.67. The van der Waals surface area contributed by atoms with Crippen molar-refractivity contribution in [2.24, 2.45) is 9.98 Å². The molecular formula is C19H20F2N4O2. The van der Waals surface area contributed by atoms with Crippen LogP contribution in [-0.4, -0.2) is 33.7 Å². The van der Waals surface area contributed by atoms with E-state index in [-0.39, 0.29) is 11.3 Å². The van der Waals surface area contributed by atoms with Crippen LogP contribution in [0.4, 0.5) is 20.2 Å². The van der Waals surface area contributed by atoms with Crippen molar-refractivity contribution in [1.29, 1.82) is 0 Å².